The Labute approximate surface area is 117 Å². The van der Waals surface area contributed by atoms with E-state index in [-0.39, 0.29) is 11.6 Å². The van der Waals surface area contributed by atoms with E-state index in [0.29, 0.717) is 23.1 Å². The van der Waals surface area contributed by atoms with Crippen molar-refractivity contribution in [3.8, 4) is 0 Å². The molecule has 19 heavy (non-hydrogen) atoms. The monoisotopic (exact) mass is 326 g/mol. The maximum absolute atomic E-state index is 13.2. The number of amides is 1. The predicted octanol–water partition coefficient (Wildman–Crippen LogP) is 1.80. The smallest absolute Gasteiger partial charge is 0.252 e. The highest BCUT2D eigenvalue weighted by molar-refractivity contribution is 9.10. The number of rotatable bonds is 4. The number of hydrogen-bond acceptors (Lipinski definition) is 3. The van der Waals surface area contributed by atoms with Crippen molar-refractivity contribution in [1.29, 1.82) is 0 Å². The second kappa shape index (κ2) is 5.83. The van der Waals surface area contributed by atoms with Gasteiger partial charge in [0.1, 0.15) is 5.82 Å². The number of halogens is 2. The van der Waals surface area contributed by atoms with E-state index in [4.69, 9.17) is 5.73 Å². The average molecular weight is 327 g/mol. The summed E-state index contributed by atoms with van der Waals surface area (Å²) in [5, 5.41) is 6.73. The molecule has 5 nitrogen and oxygen atoms in total. The molecule has 100 valence electrons. The lowest BCUT2D eigenvalue weighted by atomic mass is 10.2. The second-order valence-electron chi connectivity index (χ2n) is 3.88. The van der Waals surface area contributed by atoms with Gasteiger partial charge in [-0.25, -0.2) is 4.39 Å². The third kappa shape index (κ3) is 3.31. The number of nitrogens with two attached hydrogens (primary N) is 1. The first-order chi connectivity index (χ1) is 9.08. The number of benzene rings is 1. The lowest BCUT2D eigenvalue weighted by Gasteiger charge is -2.08. The Morgan fingerprint density at radius 3 is 3.00 bits per heavy atom. The van der Waals surface area contributed by atoms with Crippen LogP contribution in [0.4, 0.5) is 10.1 Å². The summed E-state index contributed by atoms with van der Waals surface area (Å²) in [5.41, 5.74) is 5.69. The number of nitrogens with zero attached hydrogens (tertiary/aromatic N) is 2. The first kappa shape index (κ1) is 13.5. The zero-order valence-electron chi connectivity index (χ0n) is 9.94. The Kier molecular flexibility index (Phi) is 4.16. The van der Waals surface area contributed by atoms with Crippen LogP contribution in [-0.4, -0.2) is 22.2 Å². The minimum absolute atomic E-state index is 0.0552. The molecule has 1 heterocycles. The molecule has 0 aliphatic rings. The van der Waals surface area contributed by atoms with Crippen LogP contribution in [0.1, 0.15) is 10.4 Å². The maximum Gasteiger partial charge on any atom is 0.252 e. The molecule has 1 aromatic carbocycles. The topological polar surface area (TPSA) is 72.9 Å². The molecule has 0 fully saturated rings. The molecule has 0 bridgehead atoms. The van der Waals surface area contributed by atoms with Crippen LogP contribution in [0.3, 0.4) is 0 Å². The van der Waals surface area contributed by atoms with Gasteiger partial charge in [0.25, 0.3) is 5.91 Å². The number of carbonyl (C=O) groups excluding carboxylic acids is 1. The number of carbonyl (C=O) groups is 1. The van der Waals surface area contributed by atoms with Gasteiger partial charge in [0.15, 0.2) is 0 Å². The summed E-state index contributed by atoms with van der Waals surface area (Å²) in [5.74, 6) is -0.870. The van der Waals surface area contributed by atoms with Crippen molar-refractivity contribution in [3.63, 3.8) is 0 Å². The quantitative estimate of drug-likeness (QED) is 0.841. The van der Waals surface area contributed by atoms with Crippen molar-refractivity contribution >= 4 is 27.5 Å². The van der Waals surface area contributed by atoms with E-state index in [0.717, 1.165) is 0 Å². The average Bonchev–Trinajstić information content (AvgIpc) is 2.86. The van der Waals surface area contributed by atoms with E-state index >= 15 is 0 Å². The molecule has 0 aliphatic carbocycles. The van der Waals surface area contributed by atoms with Crippen LogP contribution >= 0.6 is 15.9 Å². The van der Waals surface area contributed by atoms with Crippen LogP contribution in [0.2, 0.25) is 0 Å². The van der Waals surface area contributed by atoms with Gasteiger partial charge >= 0.3 is 0 Å². The SMILES string of the molecule is Nc1cc(C(=O)NCCn2cccn2)c(Br)cc1F. The van der Waals surface area contributed by atoms with E-state index in [9.17, 15) is 9.18 Å². The van der Waals surface area contributed by atoms with Crippen molar-refractivity contribution < 1.29 is 9.18 Å². The fraction of sp³-hybridized carbons (Fsp3) is 0.167. The van der Waals surface area contributed by atoms with Crippen LogP contribution in [0.15, 0.2) is 35.1 Å². The summed E-state index contributed by atoms with van der Waals surface area (Å²) in [6.45, 7) is 0.983. The van der Waals surface area contributed by atoms with Crippen LogP contribution in [0, 0.1) is 5.82 Å². The third-order valence-electron chi connectivity index (χ3n) is 2.52. The largest absolute Gasteiger partial charge is 0.396 e. The standard InChI is InChI=1S/C12H12BrFN4O/c13-9-7-10(14)11(15)6-8(9)12(19)16-3-5-18-4-1-2-17-18/h1-2,4,6-7H,3,5,15H2,(H,16,19). The van der Waals surface area contributed by atoms with Crippen molar-refractivity contribution in [2.45, 2.75) is 6.54 Å². The molecule has 0 saturated heterocycles. The van der Waals surface area contributed by atoms with Gasteiger partial charge in [-0.15, -0.1) is 0 Å². The van der Waals surface area contributed by atoms with Crippen LogP contribution in [-0.2, 0) is 6.54 Å². The molecule has 2 aromatic rings. The third-order valence-corrected chi connectivity index (χ3v) is 3.17. The van der Waals surface area contributed by atoms with Crippen molar-refractivity contribution in [2.75, 3.05) is 12.3 Å². The molecule has 0 aliphatic heterocycles. The first-order valence-corrected chi connectivity index (χ1v) is 6.37. The molecule has 1 aromatic heterocycles. The van der Waals surface area contributed by atoms with E-state index in [2.05, 4.69) is 26.3 Å². The molecule has 3 N–H and O–H groups in total. The fourth-order valence-electron chi connectivity index (χ4n) is 1.55. The summed E-state index contributed by atoms with van der Waals surface area (Å²) in [7, 11) is 0. The molecule has 7 heteroatoms. The van der Waals surface area contributed by atoms with Crippen LogP contribution in [0.25, 0.3) is 0 Å². The Balaban J connectivity index is 1.98. The van der Waals surface area contributed by atoms with Gasteiger partial charge in [0, 0.05) is 23.4 Å². The first-order valence-electron chi connectivity index (χ1n) is 5.58. The second-order valence-corrected chi connectivity index (χ2v) is 4.73. The number of aromatic nitrogens is 2. The maximum atomic E-state index is 13.2. The van der Waals surface area contributed by atoms with Crippen molar-refractivity contribution in [3.05, 3.63) is 46.4 Å². The van der Waals surface area contributed by atoms with E-state index in [1.165, 1.54) is 12.1 Å². The summed E-state index contributed by atoms with van der Waals surface area (Å²) >= 11 is 3.14. The summed E-state index contributed by atoms with van der Waals surface area (Å²) in [6, 6.07) is 4.29. The molecule has 0 saturated carbocycles. The highest BCUT2D eigenvalue weighted by atomic mass is 79.9. The normalized spacial score (nSPS) is 10.4. The highest BCUT2D eigenvalue weighted by Gasteiger charge is 2.12. The van der Waals surface area contributed by atoms with Crippen molar-refractivity contribution in [1.82, 2.24) is 15.1 Å². The molecule has 2 rings (SSSR count). The predicted molar refractivity (Wildman–Crippen MR) is 73.1 cm³/mol. The van der Waals surface area contributed by atoms with Gasteiger partial charge in [0.2, 0.25) is 0 Å². The minimum atomic E-state index is -0.556. The fourth-order valence-corrected chi connectivity index (χ4v) is 2.05. The van der Waals surface area contributed by atoms with Crippen molar-refractivity contribution in [2.24, 2.45) is 0 Å². The molecule has 0 spiro atoms. The molecular weight excluding hydrogens is 315 g/mol. The Bertz CT molecular complexity index is 586. The zero-order valence-corrected chi connectivity index (χ0v) is 11.5. The van der Waals surface area contributed by atoms with E-state index in [1.54, 1.807) is 23.1 Å². The molecular formula is C12H12BrFN4O. The Morgan fingerprint density at radius 2 is 2.32 bits per heavy atom. The van der Waals surface area contributed by atoms with Gasteiger partial charge in [-0.3, -0.25) is 9.48 Å². The zero-order chi connectivity index (χ0) is 13.8. The molecule has 0 unspecified atom stereocenters. The van der Waals surface area contributed by atoms with E-state index < -0.39 is 5.82 Å². The Morgan fingerprint density at radius 1 is 1.53 bits per heavy atom. The molecule has 0 radical (unpaired) electrons. The molecule has 1 amide bonds. The summed E-state index contributed by atoms with van der Waals surface area (Å²) in [4.78, 5) is 11.9. The highest BCUT2D eigenvalue weighted by Crippen LogP contribution is 2.22. The molecule has 0 atom stereocenters. The Hall–Kier alpha value is -1.89. The lowest BCUT2D eigenvalue weighted by molar-refractivity contribution is 0.0951. The van der Waals surface area contributed by atoms with Gasteiger partial charge in [-0.1, -0.05) is 0 Å². The minimum Gasteiger partial charge on any atom is -0.396 e. The van der Waals surface area contributed by atoms with Gasteiger partial charge in [0.05, 0.1) is 17.8 Å². The van der Waals surface area contributed by atoms with Gasteiger partial charge in [-0.05, 0) is 34.1 Å². The number of nitrogens with one attached hydrogen (secondary N) is 1. The van der Waals surface area contributed by atoms with Gasteiger partial charge in [-0.2, -0.15) is 5.10 Å². The number of anilines is 1. The summed E-state index contributed by atoms with van der Waals surface area (Å²) in [6.07, 6.45) is 3.47. The van der Waals surface area contributed by atoms with Gasteiger partial charge < -0.3 is 11.1 Å². The lowest BCUT2D eigenvalue weighted by Crippen LogP contribution is -2.27. The number of nitrogen functional groups attached to an aromatic ring is 1. The van der Waals surface area contributed by atoms with Crippen LogP contribution < -0.4 is 11.1 Å². The van der Waals surface area contributed by atoms with E-state index in [1.807, 2.05) is 0 Å². The number of hydrogen-bond donors (Lipinski definition) is 2. The van der Waals surface area contributed by atoms with Crippen LogP contribution in [0.5, 0.6) is 0 Å². The summed E-state index contributed by atoms with van der Waals surface area (Å²) < 4.78 is 15.2.